The van der Waals surface area contributed by atoms with E-state index in [2.05, 4.69) is 104 Å². The minimum atomic E-state index is 0.857. The highest BCUT2D eigenvalue weighted by atomic mass is 32.1. The second-order valence-electron chi connectivity index (χ2n) is 8.14. The molecule has 0 amide bonds. The van der Waals surface area contributed by atoms with E-state index in [1.807, 2.05) is 12.1 Å². The molecule has 0 aliphatic carbocycles. The summed E-state index contributed by atoms with van der Waals surface area (Å²) in [5.41, 5.74) is 7.27. The molecular formula is C31H25NS. The summed E-state index contributed by atoms with van der Waals surface area (Å²) in [6.07, 6.45) is 8.74. The summed E-state index contributed by atoms with van der Waals surface area (Å²) in [5, 5.41) is 10.3. The Morgan fingerprint density at radius 1 is 0.818 bits per heavy atom. The Hall–Kier alpha value is -3.75. The van der Waals surface area contributed by atoms with Crippen LogP contribution in [0.4, 0.5) is 0 Å². The number of fused-ring (bicyclic) bond motifs is 3. The highest BCUT2D eigenvalue weighted by molar-refractivity contribution is 7.25. The van der Waals surface area contributed by atoms with Gasteiger partial charge >= 0.3 is 0 Å². The van der Waals surface area contributed by atoms with Crippen LogP contribution in [-0.4, -0.2) is 6.21 Å². The lowest BCUT2D eigenvalue weighted by Gasteiger charge is -2.11. The lowest BCUT2D eigenvalue weighted by atomic mass is 9.94. The van der Waals surface area contributed by atoms with Gasteiger partial charge in [-0.25, -0.2) is 0 Å². The Kier molecular flexibility index (Phi) is 6.01. The van der Waals surface area contributed by atoms with Gasteiger partial charge in [-0.2, -0.15) is 0 Å². The van der Waals surface area contributed by atoms with Gasteiger partial charge in [0.05, 0.1) is 0 Å². The molecule has 0 bridgehead atoms. The molecule has 1 aromatic heterocycles. The maximum absolute atomic E-state index is 7.87. The molecule has 1 N–H and O–H groups in total. The molecule has 160 valence electrons. The quantitative estimate of drug-likeness (QED) is 0.200. The summed E-state index contributed by atoms with van der Waals surface area (Å²) in [7, 11) is 0. The Bertz CT molecular complexity index is 1500. The third-order valence-electron chi connectivity index (χ3n) is 5.97. The Labute approximate surface area is 198 Å². The fourth-order valence-corrected chi connectivity index (χ4v) is 5.48. The first kappa shape index (κ1) is 21.1. The Morgan fingerprint density at radius 3 is 2.45 bits per heavy atom. The van der Waals surface area contributed by atoms with Gasteiger partial charge in [0.25, 0.3) is 0 Å². The molecular weight excluding hydrogens is 418 g/mol. The van der Waals surface area contributed by atoms with Crippen molar-refractivity contribution in [3.63, 3.8) is 0 Å². The van der Waals surface area contributed by atoms with Crippen molar-refractivity contribution in [2.75, 3.05) is 0 Å². The first-order valence-corrected chi connectivity index (χ1v) is 12.0. The molecule has 0 atom stereocenters. The van der Waals surface area contributed by atoms with E-state index in [0.29, 0.717) is 0 Å². The van der Waals surface area contributed by atoms with Gasteiger partial charge in [-0.3, -0.25) is 0 Å². The Morgan fingerprint density at radius 2 is 1.64 bits per heavy atom. The minimum Gasteiger partial charge on any atom is -0.308 e. The van der Waals surface area contributed by atoms with Gasteiger partial charge in [0.2, 0.25) is 0 Å². The highest BCUT2D eigenvalue weighted by Crippen LogP contribution is 2.37. The molecule has 0 spiro atoms. The normalized spacial score (nSPS) is 12.1. The lowest BCUT2D eigenvalue weighted by Crippen LogP contribution is -1.92. The summed E-state index contributed by atoms with van der Waals surface area (Å²) >= 11 is 1.80. The molecule has 0 saturated heterocycles. The van der Waals surface area contributed by atoms with Crippen LogP contribution in [0.25, 0.3) is 36.9 Å². The molecule has 5 aromatic rings. The molecule has 0 saturated carbocycles. The average molecular weight is 444 g/mol. The maximum atomic E-state index is 7.87. The second kappa shape index (κ2) is 9.40. The van der Waals surface area contributed by atoms with Crippen molar-refractivity contribution in [3.8, 4) is 11.1 Å². The number of hydrogen-bond acceptors (Lipinski definition) is 2. The highest BCUT2D eigenvalue weighted by Gasteiger charge is 2.11. The smallest absolute Gasteiger partial charge is 0.0361 e. The van der Waals surface area contributed by atoms with Crippen molar-refractivity contribution in [1.82, 2.24) is 0 Å². The van der Waals surface area contributed by atoms with Crippen molar-refractivity contribution < 1.29 is 0 Å². The van der Waals surface area contributed by atoms with Crippen LogP contribution in [0.5, 0.6) is 0 Å². The van der Waals surface area contributed by atoms with Crippen LogP contribution in [0.3, 0.4) is 0 Å². The van der Waals surface area contributed by atoms with E-state index in [4.69, 9.17) is 5.41 Å². The molecule has 0 aliphatic heterocycles. The van der Waals surface area contributed by atoms with Crippen LogP contribution in [0.1, 0.15) is 23.6 Å². The van der Waals surface area contributed by atoms with Crippen molar-refractivity contribution in [2.45, 2.75) is 13.3 Å². The van der Waals surface area contributed by atoms with Crippen LogP contribution in [-0.2, 0) is 6.42 Å². The zero-order valence-corrected chi connectivity index (χ0v) is 19.4. The number of nitrogens with one attached hydrogen (secondary N) is 1. The van der Waals surface area contributed by atoms with E-state index in [1.54, 1.807) is 11.3 Å². The van der Waals surface area contributed by atoms with E-state index < -0.39 is 0 Å². The van der Waals surface area contributed by atoms with Gasteiger partial charge in [0, 0.05) is 32.0 Å². The third-order valence-corrected chi connectivity index (χ3v) is 7.11. The Balaban J connectivity index is 1.58. The summed E-state index contributed by atoms with van der Waals surface area (Å²) < 4.78 is 2.50. The van der Waals surface area contributed by atoms with Gasteiger partial charge in [0.1, 0.15) is 0 Å². The number of rotatable bonds is 6. The molecule has 1 heterocycles. The molecule has 0 aliphatic rings. The van der Waals surface area contributed by atoms with Crippen LogP contribution in [0.2, 0.25) is 0 Å². The average Bonchev–Trinajstić information content (AvgIpc) is 3.25. The predicted molar refractivity (Wildman–Crippen MR) is 146 cm³/mol. The number of thiophene rings is 1. The van der Waals surface area contributed by atoms with Gasteiger partial charge in [-0.15, -0.1) is 11.3 Å². The minimum absolute atomic E-state index is 0.857. The number of hydrogen-bond donors (Lipinski definition) is 1. The van der Waals surface area contributed by atoms with Crippen LogP contribution < -0.4 is 0 Å². The molecule has 1 nitrogen and oxygen atoms in total. The van der Waals surface area contributed by atoms with Gasteiger partial charge in [0.15, 0.2) is 0 Å². The second-order valence-corrected chi connectivity index (χ2v) is 9.22. The van der Waals surface area contributed by atoms with Gasteiger partial charge in [-0.05, 0) is 59.4 Å². The zero-order valence-electron chi connectivity index (χ0n) is 18.6. The SMILES string of the molecule is C/C=C\C=C(/Cc1cccc(-c2ccccc2)c1)c1ccc2sc3cccc(C=N)c3c2c1. The molecule has 5 rings (SSSR count). The van der Waals surface area contributed by atoms with Crippen LogP contribution >= 0.6 is 11.3 Å². The number of benzene rings is 4. The molecule has 4 aromatic carbocycles. The first-order chi connectivity index (χ1) is 16.3. The molecule has 0 fully saturated rings. The van der Waals surface area contributed by atoms with Crippen molar-refractivity contribution >= 4 is 43.3 Å². The standard InChI is InChI=1S/C31H25NS/c1-2-3-10-25(19-22-9-7-13-24(18-22)23-11-5-4-6-12-23)26-16-17-29-28(20-26)31-27(21-32)14-8-15-30(31)33-29/h2-18,20-21,32H,19H2,1H3/b3-2-,25-10+,32-21?. The predicted octanol–water partition coefficient (Wildman–Crippen LogP) is 8.92. The van der Waals surface area contributed by atoms with E-state index in [0.717, 1.165) is 12.0 Å². The van der Waals surface area contributed by atoms with E-state index in [-0.39, 0.29) is 0 Å². The first-order valence-electron chi connectivity index (χ1n) is 11.2. The summed E-state index contributed by atoms with van der Waals surface area (Å²) in [6.45, 7) is 2.05. The van der Waals surface area contributed by atoms with Gasteiger partial charge < -0.3 is 5.41 Å². The monoisotopic (exact) mass is 443 g/mol. The van der Waals surface area contributed by atoms with Gasteiger partial charge in [-0.1, -0.05) is 91.0 Å². The molecule has 0 unspecified atom stereocenters. The van der Waals surface area contributed by atoms with Crippen molar-refractivity contribution in [2.24, 2.45) is 0 Å². The largest absolute Gasteiger partial charge is 0.308 e. The molecule has 33 heavy (non-hydrogen) atoms. The number of allylic oxidation sites excluding steroid dienone is 4. The lowest BCUT2D eigenvalue weighted by molar-refractivity contribution is 1.28. The molecule has 0 radical (unpaired) electrons. The van der Waals surface area contributed by atoms with Crippen LogP contribution in [0, 0.1) is 5.41 Å². The van der Waals surface area contributed by atoms with Crippen molar-refractivity contribution in [1.29, 1.82) is 5.41 Å². The van der Waals surface area contributed by atoms with Crippen LogP contribution in [0.15, 0.2) is 109 Å². The van der Waals surface area contributed by atoms with E-state index in [1.165, 1.54) is 54.2 Å². The topological polar surface area (TPSA) is 23.9 Å². The summed E-state index contributed by atoms with van der Waals surface area (Å²) in [4.78, 5) is 0. The third kappa shape index (κ3) is 4.30. The zero-order chi connectivity index (χ0) is 22.6. The fourth-order valence-electron chi connectivity index (χ4n) is 4.36. The van der Waals surface area contributed by atoms with E-state index in [9.17, 15) is 0 Å². The summed E-state index contributed by atoms with van der Waals surface area (Å²) in [5.74, 6) is 0. The maximum Gasteiger partial charge on any atom is 0.0361 e. The molecule has 2 heteroatoms. The van der Waals surface area contributed by atoms with Crippen molar-refractivity contribution in [3.05, 3.63) is 126 Å². The fraction of sp³-hybridized carbons (Fsp3) is 0.0645. The van der Waals surface area contributed by atoms with E-state index >= 15 is 0 Å². The summed E-state index contributed by atoms with van der Waals surface area (Å²) in [6, 6.07) is 32.4.